The minimum atomic E-state index is -0.712. The van der Waals surface area contributed by atoms with Gasteiger partial charge in [-0.25, -0.2) is 8.78 Å². The van der Waals surface area contributed by atoms with Gasteiger partial charge < -0.3 is 9.80 Å². The van der Waals surface area contributed by atoms with Gasteiger partial charge in [0.15, 0.2) is 0 Å². The molecule has 0 radical (unpaired) electrons. The van der Waals surface area contributed by atoms with Crippen LogP contribution in [0.2, 0.25) is 0 Å². The molecule has 0 aliphatic rings. The number of amides is 2. The van der Waals surface area contributed by atoms with Crippen LogP contribution in [0, 0.1) is 18.6 Å². The fourth-order valence-corrected chi connectivity index (χ4v) is 4.34. The third-order valence-electron chi connectivity index (χ3n) is 5.23. The van der Waals surface area contributed by atoms with E-state index in [2.05, 4.69) is 0 Å². The standard InChI is InChI=1S/C26H28F2N2O2S/c1-18-9-14-21(33-18)16-29(15-19-10-12-20(27)13-11-19)24(31)17-30(26(2,3)4)25(32)22-7-5-6-8-23(22)28/h5-14H,15-17H2,1-4H3. The molecule has 1 aromatic heterocycles. The molecule has 0 bridgehead atoms. The predicted molar refractivity (Wildman–Crippen MR) is 127 cm³/mol. The summed E-state index contributed by atoms with van der Waals surface area (Å²) < 4.78 is 27.7. The van der Waals surface area contributed by atoms with Gasteiger partial charge >= 0.3 is 0 Å². The average molecular weight is 471 g/mol. The zero-order valence-corrected chi connectivity index (χ0v) is 20.1. The monoisotopic (exact) mass is 470 g/mol. The number of carbonyl (C=O) groups excluding carboxylic acids is 2. The molecule has 0 unspecified atom stereocenters. The second kappa shape index (κ2) is 10.3. The fraction of sp³-hybridized carbons (Fsp3) is 0.308. The van der Waals surface area contributed by atoms with E-state index >= 15 is 0 Å². The van der Waals surface area contributed by atoms with Crippen LogP contribution in [0.15, 0.2) is 60.7 Å². The van der Waals surface area contributed by atoms with E-state index in [0.717, 1.165) is 15.3 Å². The van der Waals surface area contributed by atoms with Crippen LogP contribution in [0.25, 0.3) is 0 Å². The number of carbonyl (C=O) groups is 2. The molecule has 3 rings (SSSR count). The quantitative estimate of drug-likeness (QED) is 0.438. The first-order valence-electron chi connectivity index (χ1n) is 10.7. The highest BCUT2D eigenvalue weighted by atomic mass is 32.1. The minimum Gasteiger partial charge on any atom is -0.332 e. The zero-order valence-electron chi connectivity index (χ0n) is 19.3. The van der Waals surface area contributed by atoms with E-state index in [4.69, 9.17) is 0 Å². The third kappa shape index (κ3) is 6.48. The van der Waals surface area contributed by atoms with Crippen molar-refractivity contribution >= 4 is 23.2 Å². The highest BCUT2D eigenvalue weighted by molar-refractivity contribution is 7.11. The first kappa shape index (κ1) is 24.6. The zero-order chi connectivity index (χ0) is 24.2. The highest BCUT2D eigenvalue weighted by Gasteiger charge is 2.32. The molecule has 2 amide bonds. The second-order valence-corrected chi connectivity index (χ2v) is 10.3. The van der Waals surface area contributed by atoms with Crippen LogP contribution in [0.4, 0.5) is 8.78 Å². The summed E-state index contributed by atoms with van der Waals surface area (Å²) in [6.07, 6.45) is 0. The van der Waals surface area contributed by atoms with Crippen LogP contribution in [0.5, 0.6) is 0 Å². The lowest BCUT2D eigenvalue weighted by Gasteiger charge is -2.37. The van der Waals surface area contributed by atoms with E-state index in [9.17, 15) is 18.4 Å². The molecule has 3 aromatic rings. The summed E-state index contributed by atoms with van der Waals surface area (Å²) in [6.45, 7) is 7.85. The van der Waals surface area contributed by atoms with Crippen LogP contribution < -0.4 is 0 Å². The van der Waals surface area contributed by atoms with Gasteiger partial charge in [0.2, 0.25) is 5.91 Å². The molecule has 33 heavy (non-hydrogen) atoms. The largest absolute Gasteiger partial charge is 0.332 e. The van der Waals surface area contributed by atoms with Gasteiger partial charge in [-0.15, -0.1) is 11.3 Å². The van der Waals surface area contributed by atoms with Crippen molar-refractivity contribution in [2.24, 2.45) is 0 Å². The normalized spacial score (nSPS) is 11.3. The molecule has 0 saturated carbocycles. The molecular weight excluding hydrogens is 442 g/mol. The summed E-state index contributed by atoms with van der Waals surface area (Å²) in [6, 6.07) is 15.7. The Morgan fingerprint density at radius 3 is 2.15 bits per heavy atom. The fourth-order valence-electron chi connectivity index (χ4n) is 3.43. The predicted octanol–water partition coefficient (Wildman–Crippen LogP) is 5.80. The van der Waals surface area contributed by atoms with Crippen LogP contribution in [0.1, 0.15) is 46.4 Å². The lowest BCUT2D eigenvalue weighted by atomic mass is 10.0. The maximum atomic E-state index is 14.3. The molecule has 0 aliphatic heterocycles. The molecule has 0 atom stereocenters. The minimum absolute atomic E-state index is 0.0702. The molecule has 0 N–H and O–H groups in total. The lowest BCUT2D eigenvalue weighted by molar-refractivity contribution is -0.134. The maximum Gasteiger partial charge on any atom is 0.257 e. The molecule has 0 aliphatic carbocycles. The Bertz CT molecular complexity index is 1120. The van der Waals surface area contributed by atoms with Crippen molar-refractivity contribution in [3.05, 3.63) is 93.2 Å². The number of halogens is 2. The van der Waals surface area contributed by atoms with Crippen molar-refractivity contribution in [3.8, 4) is 0 Å². The van der Waals surface area contributed by atoms with Crippen molar-refractivity contribution < 1.29 is 18.4 Å². The number of benzene rings is 2. The van der Waals surface area contributed by atoms with Crippen LogP contribution >= 0.6 is 11.3 Å². The topological polar surface area (TPSA) is 40.6 Å². The number of hydrogen-bond donors (Lipinski definition) is 0. The van der Waals surface area contributed by atoms with Crippen LogP contribution in [0.3, 0.4) is 0 Å². The lowest BCUT2D eigenvalue weighted by Crippen LogP contribution is -2.51. The van der Waals surface area contributed by atoms with Crippen molar-refractivity contribution in [3.63, 3.8) is 0 Å². The number of rotatable bonds is 7. The SMILES string of the molecule is Cc1ccc(CN(Cc2ccc(F)cc2)C(=O)CN(C(=O)c2ccccc2F)C(C)(C)C)s1. The van der Waals surface area contributed by atoms with Gasteiger partial charge in [-0.2, -0.15) is 0 Å². The molecule has 0 saturated heterocycles. The number of nitrogens with zero attached hydrogens (tertiary/aromatic N) is 2. The molecule has 2 aromatic carbocycles. The van der Waals surface area contributed by atoms with E-state index in [-0.39, 0.29) is 30.4 Å². The molecule has 7 heteroatoms. The van der Waals surface area contributed by atoms with Gasteiger partial charge in [0.1, 0.15) is 18.2 Å². The Morgan fingerprint density at radius 1 is 0.909 bits per heavy atom. The first-order valence-corrected chi connectivity index (χ1v) is 11.5. The van der Waals surface area contributed by atoms with Gasteiger partial charge in [-0.1, -0.05) is 24.3 Å². The summed E-state index contributed by atoms with van der Waals surface area (Å²) in [5, 5.41) is 0. The Kier molecular flexibility index (Phi) is 7.64. The van der Waals surface area contributed by atoms with Gasteiger partial charge in [-0.3, -0.25) is 9.59 Å². The van der Waals surface area contributed by atoms with Crippen molar-refractivity contribution in [2.45, 2.75) is 46.3 Å². The van der Waals surface area contributed by atoms with E-state index in [1.54, 1.807) is 34.4 Å². The summed E-state index contributed by atoms with van der Waals surface area (Å²) in [7, 11) is 0. The molecule has 1 heterocycles. The third-order valence-corrected chi connectivity index (χ3v) is 6.22. The average Bonchev–Trinajstić information content (AvgIpc) is 3.16. The van der Waals surface area contributed by atoms with Crippen LogP contribution in [-0.2, 0) is 17.9 Å². The van der Waals surface area contributed by atoms with E-state index in [1.807, 2.05) is 39.8 Å². The number of thiophene rings is 1. The molecule has 0 fully saturated rings. The van der Waals surface area contributed by atoms with Gasteiger partial charge in [0.05, 0.1) is 12.1 Å². The first-order chi connectivity index (χ1) is 15.5. The summed E-state index contributed by atoms with van der Waals surface area (Å²) >= 11 is 1.59. The Balaban J connectivity index is 1.87. The summed E-state index contributed by atoms with van der Waals surface area (Å²) in [5.41, 5.74) is -0.00392. The second-order valence-electron chi connectivity index (χ2n) is 8.93. The van der Waals surface area contributed by atoms with Gasteiger partial charge in [0, 0.05) is 21.8 Å². The highest BCUT2D eigenvalue weighted by Crippen LogP contribution is 2.22. The van der Waals surface area contributed by atoms with Crippen molar-refractivity contribution in [2.75, 3.05) is 6.54 Å². The Hall–Kier alpha value is -3.06. The maximum absolute atomic E-state index is 14.3. The van der Waals surface area contributed by atoms with Crippen molar-refractivity contribution in [1.29, 1.82) is 0 Å². The number of hydrogen-bond acceptors (Lipinski definition) is 3. The molecule has 4 nitrogen and oxygen atoms in total. The Labute approximate surface area is 197 Å². The van der Waals surface area contributed by atoms with Gasteiger partial charge in [-0.05, 0) is 69.7 Å². The van der Waals surface area contributed by atoms with E-state index < -0.39 is 17.3 Å². The summed E-state index contributed by atoms with van der Waals surface area (Å²) in [4.78, 5) is 31.8. The van der Waals surface area contributed by atoms with E-state index in [0.29, 0.717) is 6.54 Å². The van der Waals surface area contributed by atoms with Crippen molar-refractivity contribution in [1.82, 2.24) is 9.80 Å². The Morgan fingerprint density at radius 2 is 1.58 bits per heavy atom. The molecule has 174 valence electrons. The van der Waals surface area contributed by atoms with Crippen LogP contribution in [-0.4, -0.2) is 33.7 Å². The number of aryl methyl sites for hydroxylation is 1. The van der Waals surface area contributed by atoms with E-state index in [1.165, 1.54) is 35.2 Å². The summed E-state index contributed by atoms with van der Waals surface area (Å²) in [5.74, 6) is -1.78. The molecular formula is C26H28F2N2O2S. The molecule has 0 spiro atoms. The smallest absolute Gasteiger partial charge is 0.257 e. The van der Waals surface area contributed by atoms with Gasteiger partial charge in [0.25, 0.3) is 5.91 Å².